The van der Waals surface area contributed by atoms with E-state index in [1.165, 1.54) is 7.11 Å². The highest BCUT2D eigenvalue weighted by molar-refractivity contribution is 6.08. The summed E-state index contributed by atoms with van der Waals surface area (Å²) >= 11 is 0. The Bertz CT molecular complexity index is 1040. The molecular weight excluding hydrogens is 356 g/mol. The van der Waals surface area contributed by atoms with Gasteiger partial charge < -0.3 is 20.8 Å². The normalized spacial score (nSPS) is 15.8. The van der Waals surface area contributed by atoms with Crippen LogP contribution in [0.25, 0.3) is 11.3 Å². The van der Waals surface area contributed by atoms with Crippen LogP contribution in [-0.4, -0.2) is 28.8 Å². The number of H-pyrrole nitrogens is 1. The maximum Gasteiger partial charge on any atom is 0.309 e. The third kappa shape index (κ3) is 3.22. The second kappa shape index (κ2) is 7.19. The summed E-state index contributed by atoms with van der Waals surface area (Å²) in [5, 5.41) is 3.36. The number of carbonyl (C=O) groups is 2. The van der Waals surface area contributed by atoms with E-state index >= 15 is 0 Å². The number of pyridine rings is 1. The highest BCUT2D eigenvalue weighted by Crippen LogP contribution is 2.40. The molecule has 1 aliphatic rings. The van der Waals surface area contributed by atoms with Gasteiger partial charge in [-0.3, -0.25) is 9.59 Å². The third-order valence-electron chi connectivity index (χ3n) is 4.89. The molecule has 0 bridgehead atoms. The molecule has 7 nitrogen and oxygen atoms in total. The largest absolute Gasteiger partial charge is 0.469 e. The van der Waals surface area contributed by atoms with Gasteiger partial charge in [-0.1, -0.05) is 18.2 Å². The Morgan fingerprint density at radius 2 is 2.04 bits per heavy atom. The Kier molecular flexibility index (Phi) is 4.57. The maximum atomic E-state index is 12.9. The van der Waals surface area contributed by atoms with Crippen molar-refractivity contribution in [1.82, 2.24) is 9.97 Å². The van der Waals surface area contributed by atoms with Gasteiger partial charge in [-0.15, -0.1) is 0 Å². The second-order valence-corrected chi connectivity index (χ2v) is 6.74. The summed E-state index contributed by atoms with van der Waals surface area (Å²) in [6.45, 7) is 0. The summed E-state index contributed by atoms with van der Waals surface area (Å²) < 4.78 is 4.84. The summed E-state index contributed by atoms with van der Waals surface area (Å²) in [6, 6.07) is 13.2. The third-order valence-corrected chi connectivity index (χ3v) is 4.89. The Hall–Kier alpha value is -3.61. The molecule has 4 N–H and O–H groups in total. The topological polar surface area (TPSA) is 110 Å². The zero-order valence-electron chi connectivity index (χ0n) is 15.4. The number of aromatic nitrogens is 2. The average Bonchev–Trinajstić information content (AvgIpc) is 3.07. The summed E-state index contributed by atoms with van der Waals surface area (Å²) in [4.78, 5) is 32.3. The van der Waals surface area contributed by atoms with Gasteiger partial charge in [0.05, 0.1) is 30.0 Å². The number of ether oxygens (including phenoxy) is 1. The molecule has 0 aliphatic heterocycles. The van der Waals surface area contributed by atoms with Crippen LogP contribution in [0.15, 0.2) is 48.7 Å². The Morgan fingerprint density at radius 1 is 1.25 bits per heavy atom. The quantitative estimate of drug-likeness (QED) is 0.603. The van der Waals surface area contributed by atoms with Crippen LogP contribution in [0.3, 0.4) is 0 Å². The van der Waals surface area contributed by atoms with Gasteiger partial charge in [0.1, 0.15) is 5.82 Å². The molecule has 4 rings (SSSR count). The molecule has 0 amide bonds. The number of methoxy groups -OCH3 is 1. The first-order valence-electron chi connectivity index (χ1n) is 8.96. The fraction of sp³-hybridized carbons (Fsp3) is 0.190. The van der Waals surface area contributed by atoms with Crippen molar-refractivity contribution >= 4 is 28.9 Å². The zero-order valence-corrected chi connectivity index (χ0v) is 15.4. The van der Waals surface area contributed by atoms with Crippen molar-refractivity contribution in [3.63, 3.8) is 0 Å². The van der Waals surface area contributed by atoms with Gasteiger partial charge in [0.15, 0.2) is 5.78 Å². The van der Waals surface area contributed by atoms with Crippen LogP contribution in [0.5, 0.6) is 0 Å². The van der Waals surface area contributed by atoms with E-state index in [1.807, 2.05) is 36.4 Å². The molecule has 2 heterocycles. The van der Waals surface area contributed by atoms with Crippen molar-refractivity contribution < 1.29 is 14.3 Å². The standard InChI is InChI=1S/C21H20N4O3/c1-28-21(27)13-9-15-18(16(26)10-13)20(24-14-5-3-2-4-6-14)19(25-15)12-7-8-23-17(22)11-12/h2-8,11,13,24-25H,9-10H2,1H3,(H2,22,23). The van der Waals surface area contributed by atoms with Gasteiger partial charge in [0, 0.05) is 36.0 Å². The number of nitrogen functional groups attached to an aromatic ring is 1. The molecule has 1 unspecified atom stereocenters. The number of aromatic amines is 1. The lowest BCUT2D eigenvalue weighted by Gasteiger charge is -2.20. The molecule has 142 valence electrons. The number of ketones is 1. The van der Waals surface area contributed by atoms with E-state index in [-0.39, 0.29) is 18.2 Å². The van der Waals surface area contributed by atoms with Crippen LogP contribution in [0.1, 0.15) is 22.5 Å². The number of rotatable bonds is 4. The lowest BCUT2D eigenvalue weighted by atomic mass is 9.86. The van der Waals surface area contributed by atoms with Gasteiger partial charge in [-0.05, 0) is 24.3 Å². The van der Waals surface area contributed by atoms with Crippen molar-refractivity contribution in [2.24, 2.45) is 5.92 Å². The Balaban J connectivity index is 1.84. The minimum absolute atomic E-state index is 0.0976. The molecule has 1 aromatic carbocycles. The van der Waals surface area contributed by atoms with Gasteiger partial charge in [0.2, 0.25) is 0 Å². The first-order chi connectivity index (χ1) is 13.6. The predicted molar refractivity (Wildman–Crippen MR) is 106 cm³/mol. The number of nitrogens with zero attached hydrogens (tertiary/aromatic N) is 1. The average molecular weight is 376 g/mol. The van der Waals surface area contributed by atoms with E-state index in [2.05, 4.69) is 15.3 Å². The summed E-state index contributed by atoms with van der Waals surface area (Å²) in [6.07, 6.45) is 2.16. The van der Waals surface area contributed by atoms with Crippen molar-refractivity contribution in [2.75, 3.05) is 18.2 Å². The van der Waals surface area contributed by atoms with Crippen molar-refractivity contribution in [3.8, 4) is 11.3 Å². The minimum atomic E-state index is -0.483. The number of Topliss-reactive ketones (excluding diaryl/α,β-unsaturated/α-hetero) is 1. The summed E-state index contributed by atoms with van der Waals surface area (Å²) in [5.41, 5.74) is 10.2. The number of anilines is 3. The summed E-state index contributed by atoms with van der Waals surface area (Å²) in [7, 11) is 1.34. The molecule has 28 heavy (non-hydrogen) atoms. The number of carbonyl (C=O) groups excluding carboxylic acids is 2. The fourth-order valence-electron chi connectivity index (χ4n) is 3.60. The highest BCUT2D eigenvalue weighted by atomic mass is 16.5. The van der Waals surface area contributed by atoms with Crippen LogP contribution in [0.4, 0.5) is 17.2 Å². The number of fused-ring (bicyclic) bond motifs is 1. The van der Waals surface area contributed by atoms with Crippen LogP contribution in [0.2, 0.25) is 0 Å². The fourth-order valence-corrected chi connectivity index (χ4v) is 3.60. The van der Waals surface area contributed by atoms with Crippen molar-refractivity contribution in [2.45, 2.75) is 12.8 Å². The van der Waals surface area contributed by atoms with Gasteiger partial charge >= 0.3 is 5.97 Å². The number of para-hydroxylation sites is 1. The minimum Gasteiger partial charge on any atom is -0.469 e. The van der Waals surface area contributed by atoms with E-state index in [0.717, 1.165) is 22.6 Å². The molecule has 1 aliphatic carbocycles. The van der Waals surface area contributed by atoms with E-state index < -0.39 is 5.92 Å². The van der Waals surface area contributed by atoms with Crippen molar-refractivity contribution in [1.29, 1.82) is 0 Å². The molecule has 0 spiro atoms. The highest BCUT2D eigenvalue weighted by Gasteiger charge is 2.35. The molecule has 0 saturated carbocycles. The summed E-state index contributed by atoms with van der Waals surface area (Å²) in [5.74, 6) is -0.571. The van der Waals surface area contributed by atoms with Gasteiger partial charge in [0.25, 0.3) is 0 Å². The Morgan fingerprint density at radius 3 is 2.75 bits per heavy atom. The number of benzene rings is 1. The van der Waals surface area contributed by atoms with Crippen molar-refractivity contribution in [3.05, 3.63) is 59.9 Å². The van der Waals surface area contributed by atoms with E-state index in [9.17, 15) is 9.59 Å². The molecule has 2 aromatic heterocycles. The molecule has 0 saturated heterocycles. The van der Waals surface area contributed by atoms with Gasteiger partial charge in [-0.25, -0.2) is 4.98 Å². The van der Waals surface area contributed by atoms with E-state index in [0.29, 0.717) is 23.5 Å². The van der Waals surface area contributed by atoms with Crippen LogP contribution >= 0.6 is 0 Å². The van der Waals surface area contributed by atoms with Crippen LogP contribution in [-0.2, 0) is 16.0 Å². The van der Waals surface area contributed by atoms with E-state index in [1.54, 1.807) is 12.3 Å². The number of hydrogen-bond donors (Lipinski definition) is 3. The SMILES string of the molecule is COC(=O)C1CC(=O)c2c([nH]c(-c3ccnc(N)c3)c2Nc2ccccc2)C1. The predicted octanol–water partition coefficient (Wildman–Crippen LogP) is 3.32. The monoisotopic (exact) mass is 376 g/mol. The maximum absolute atomic E-state index is 12.9. The second-order valence-electron chi connectivity index (χ2n) is 6.74. The molecule has 0 radical (unpaired) electrons. The molecule has 7 heteroatoms. The van der Waals surface area contributed by atoms with Crippen LogP contribution in [0, 0.1) is 5.92 Å². The smallest absolute Gasteiger partial charge is 0.309 e. The lowest BCUT2D eigenvalue weighted by Crippen LogP contribution is -2.27. The number of esters is 1. The van der Waals surface area contributed by atoms with Gasteiger partial charge in [-0.2, -0.15) is 0 Å². The molecule has 1 atom stereocenters. The number of nitrogens with one attached hydrogen (secondary N) is 2. The number of nitrogens with two attached hydrogens (primary N) is 1. The first-order valence-corrected chi connectivity index (χ1v) is 8.96. The van der Waals surface area contributed by atoms with Crippen LogP contribution < -0.4 is 11.1 Å². The molecule has 3 aromatic rings. The zero-order chi connectivity index (χ0) is 19.7. The lowest BCUT2D eigenvalue weighted by molar-refractivity contribution is -0.145. The Labute approximate surface area is 161 Å². The molecule has 0 fully saturated rings. The molecular formula is C21H20N4O3. The number of hydrogen-bond acceptors (Lipinski definition) is 6. The van der Waals surface area contributed by atoms with E-state index in [4.69, 9.17) is 10.5 Å². The first kappa shape index (κ1) is 17.8.